The van der Waals surface area contributed by atoms with E-state index in [-0.39, 0.29) is 18.9 Å². The molecule has 40 heavy (non-hydrogen) atoms. The van der Waals surface area contributed by atoms with Gasteiger partial charge in [0.1, 0.15) is 11.6 Å². The van der Waals surface area contributed by atoms with Crippen molar-refractivity contribution in [2.24, 2.45) is 0 Å². The molecule has 0 aliphatic heterocycles. The number of hydrogen-bond donors (Lipinski definition) is 3. The van der Waals surface area contributed by atoms with Crippen molar-refractivity contribution in [3.05, 3.63) is 106 Å². The van der Waals surface area contributed by atoms with Crippen molar-refractivity contribution in [2.45, 2.75) is 71.7 Å². The molecule has 0 saturated carbocycles. The number of rotatable bonds is 13. The highest BCUT2D eigenvalue weighted by atomic mass is 19.1. The summed E-state index contributed by atoms with van der Waals surface area (Å²) in [6, 6.07) is 16.5. The van der Waals surface area contributed by atoms with E-state index in [1.807, 2.05) is 37.4 Å². The summed E-state index contributed by atoms with van der Waals surface area (Å²) in [4.78, 5) is 13.5. The predicted molar refractivity (Wildman–Crippen MR) is 156 cm³/mol. The third-order valence-electron chi connectivity index (χ3n) is 7.35. The summed E-state index contributed by atoms with van der Waals surface area (Å²) in [7, 11) is 0. The molecule has 4 aromatic rings. The average Bonchev–Trinajstić information content (AvgIpc) is 3.34. The number of hydrogen-bond acceptors (Lipinski definition) is 3. The van der Waals surface area contributed by atoms with Crippen molar-refractivity contribution in [2.75, 3.05) is 6.54 Å². The van der Waals surface area contributed by atoms with Crippen LogP contribution in [0.5, 0.6) is 0 Å². The lowest BCUT2D eigenvalue weighted by Crippen LogP contribution is -2.48. The Balaban J connectivity index is 1.53. The number of aliphatic hydroxyl groups is 1. The maximum absolute atomic E-state index is 13.9. The smallest absolute Gasteiger partial charge is 0.251 e. The van der Waals surface area contributed by atoms with Crippen LogP contribution in [0.3, 0.4) is 0 Å². The monoisotopic (exact) mass is 547 g/mol. The van der Waals surface area contributed by atoms with E-state index < -0.39 is 23.8 Å². The van der Waals surface area contributed by atoms with Gasteiger partial charge in [-0.05, 0) is 78.8 Å². The van der Waals surface area contributed by atoms with Crippen LogP contribution in [0.2, 0.25) is 0 Å². The number of nitrogens with one attached hydrogen (secondary N) is 2. The number of amides is 1. The second-order valence-electron chi connectivity index (χ2n) is 10.5. The molecule has 2 atom stereocenters. The maximum Gasteiger partial charge on any atom is 0.251 e. The molecule has 1 aromatic heterocycles. The van der Waals surface area contributed by atoms with Gasteiger partial charge in [0.25, 0.3) is 5.91 Å². The van der Waals surface area contributed by atoms with Crippen LogP contribution in [0.15, 0.2) is 66.9 Å². The van der Waals surface area contributed by atoms with Gasteiger partial charge < -0.3 is 20.3 Å². The van der Waals surface area contributed by atoms with Crippen LogP contribution in [-0.4, -0.2) is 34.3 Å². The molecule has 0 saturated heterocycles. The van der Waals surface area contributed by atoms with Gasteiger partial charge in [-0.15, -0.1) is 0 Å². The van der Waals surface area contributed by atoms with E-state index in [0.717, 1.165) is 53.9 Å². The lowest BCUT2D eigenvalue weighted by molar-refractivity contribution is 0.0830. The zero-order valence-electron chi connectivity index (χ0n) is 23.5. The van der Waals surface area contributed by atoms with Gasteiger partial charge >= 0.3 is 0 Å². The highest BCUT2D eigenvalue weighted by Gasteiger charge is 2.24. The predicted octanol–water partition coefficient (Wildman–Crippen LogP) is 6.08. The van der Waals surface area contributed by atoms with Gasteiger partial charge in [-0.1, -0.05) is 44.5 Å². The number of nitrogens with zero attached hydrogens (tertiary/aromatic N) is 1. The van der Waals surface area contributed by atoms with Crippen molar-refractivity contribution in [3.8, 4) is 0 Å². The van der Waals surface area contributed by atoms with Crippen molar-refractivity contribution in [3.63, 3.8) is 0 Å². The third-order valence-corrected chi connectivity index (χ3v) is 7.35. The Bertz CT molecular complexity index is 1430. The Kier molecular flexibility index (Phi) is 10.1. The van der Waals surface area contributed by atoms with Gasteiger partial charge in [-0.3, -0.25) is 4.79 Å². The SMILES string of the molecule is CCCCn1ccc2c(C)cc(C(=O)N[C@@H](Cc3cc(F)cc(F)c3)[C@@H](O)CNCc3cccc(CC)c3)cc21. The molecule has 3 aromatic carbocycles. The van der Waals surface area contributed by atoms with Crippen LogP contribution in [0.25, 0.3) is 10.9 Å². The molecule has 0 fully saturated rings. The van der Waals surface area contributed by atoms with Gasteiger partial charge in [-0.2, -0.15) is 0 Å². The zero-order chi connectivity index (χ0) is 28.6. The fraction of sp³-hybridized carbons (Fsp3) is 0.364. The third kappa shape index (κ3) is 7.55. The molecule has 7 heteroatoms. The molecule has 0 radical (unpaired) electrons. The molecular formula is C33H39F2N3O2. The first-order valence-corrected chi connectivity index (χ1v) is 14.1. The summed E-state index contributed by atoms with van der Waals surface area (Å²) in [6.07, 6.45) is 4.15. The number of aromatic nitrogens is 1. The lowest BCUT2D eigenvalue weighted by atomic mass is 9.99. The number of benzene rings is 3. The molecule has 212 valence electrons. The fourth-order valence-corrected chi connectivity index (χ4v) is 5.12. The van der Waals surface area contributed by atoms with E-state index in [0.29, 0.717) is 17.7 Å². The summed E-state index contributed by atoms with van der Waals surface area (Å²) < 4.78 is 30.0. The van der Waals surface area contributed by atoms with E-state index in [2.05, 4.69) is 47.2 Å². The lowest BCUT2D eigenvalue weighted by Gasteiger charge is -2.25. The second-order valence-corrected chi connectivity index (χ2v) is 10.5. The second kappa shape index (κ2) is 13.7. The molecular weight excluding hydrogens is 508 g/mol. The summed E-state index contributed by atoms with van der Waals surface area (Å²) in [5, 5.41) is 18.5. The fourth-order valence-electron chi connectivity index (χ4n) is 5.12. The summed E-state index contributed by atoms with van der Waals surface area (Å²) in [5.74, 6) is -1.74. The normalized spacial score (nSPS) is 12.9. The molecule has 0 aliphatic carbocycles. The summed E-state index contributed by atoms with van der Waals surface area (Å²) in [5.41, 5.74) is 5.13. The minimum atomic E-state index is -0.997. The highest BCUT2D eigenvalue weighted by Crippen LogP contribution is 2.23. The Morgan fingerprint density at radius 1 is 0.975 bits per heavy atom. The number of aliphatic hydroxyl groups excluding tert-OH is 1. The van der Waals surface area contributed by atoms with E-state index in [1.165, 1.54) is 17.7 Å². The van der Waals surface area contributed by atoms with Crippen molar-refractivity contribution in [1.82, 2.24) is 15.2 Å². The van der Waals surface area contributed by atoms with Crippen LogP contribution >= 0.6 is 0 Å². The van der Waals surface area contributed by atoms with E-state index >= 15 is 0 Å². The van der Waals surface area contributed by atoms with Crippen molar-refractivity contribution < 1.29 is 18.7 Å². The topological polar surface area (TPSA) is 66.3 Å². The quantitative estimate of drug-likeness (QED) is 0.190. The molecule has 0 spiro atoms. The molecule has 0 unspecified atom stereocenters. The van der Waals surface area contributed by atoms with Crippen LogP contribution in [0.4, 0.5) is 8.78 Å². The highest BCUT2D eigenvalue weighted by molar-refractivity contribution is 5.99. The summed E-state index contributed by atoms with van der Waals surface area (Å²) >= 11 is 0. The molecule has 0 aliphatic rings. The van der Waals surface area contributed by atoms with Crippen LogP contribution < -0.4 is 10.6 Å². The van der Waals surface area contributed by atoms with E-state index in [1.54, 1.807) is 0 Å². The Hall–Kier alpha value is -3.55. The number of carbonyl (C=O) groups is 1. The minimum Gasteiger partial charge on any atom is -0.390 e. The standard InChI is InChI=1S/C33H39F2N3O2/c1-4-6-11-38-12-10-29-22(3)13-26(18-31(29)38)33(40)37-30(17-25-15-27(34)19-28(35)16-25)32(39)21-36-20-24-9-7-8-23(5-2)14-24/h7-10,12-16,18-19,30,32,36,39H,4-6,11,17,20-21H2,1-3H3,(H,37,40)/t30-,32-/m0/s1. The zero-order valence-corrected chi connectivity index (χ0v) is 23.5. The van der Waals surface area contributed by atoms with Crippen molar-refractivity contribution in [1.29, 1.82) is 0 Å². The largest absolute Gasteiger partial charge is 0.390 e. The number of carbonyl (C=O) groups excluding carboxylic acids is 1. The molecule has 1 amide bonds. The first-order chi connectivity index (χ1) is 19.3. The maximum atomic E-state index is 13.9. The minimum absolute atomic E-state index is 0.0721. The van der Waals surface area contributed by atoms with E-state index in [9.17, 15) is 18.7 Å². The van der Waals surface area contributed by atoms with Gasteiger partial charge in [0.15, 0.2) is 0 Å². The molecule has 0 bridgehead atoms. The molecule has 4 rings (SSSR count). The first-order valence-electron chi connectivity index (χ1n) is 14.1. The van der Waals surface area contributed by atoms with Gasteiger partial charge in [0, 0.05) is 48.4 Å². The molecule has 3 N–H and O–H groups in total. The Morgan fingerprint density at radius 2 is 1.73 bits per heavy atom. The number of aryl methyl sites for hydroxylation is 3. The van der Waals surface area contributed by atoms with Gasteiger partial charge in [-0.25, -0.2) is 8.78 Å². The van der Waals surface area contributed by atoms with Crippen LogP contribution in [-0.2, 0) is 25.9 Å². The van der Waals surface area contributed by atoms with Crippen LogP contribution in [0, 0.1) is 18.6 Å². The first kappa shape index (κ1) is 29.4. The molecule has 5 nitrogen and oxygen atoms in total. The number of halogens is 2. The average molecular weight is 548 g/mol. The Labute approximate surface area is 235 Å². The number of unbranched alkanes of at least 4 members (excludes halogenated alkanes) is 1. The summed E-state index contributed by atoms with van der Waals surface area (Å²) in [6.45, 7) is 7.82. The Morgan fingerprint density at radius 3 is 2.45 bits per heavy atom. The van der Waals surface area contributed by atoms with Crippen molar-refractivity contribution >= 4 is 16.8 Å². The van der Waals surface area contributed by atoms with E-state index in [4.69, 9.17) is 0 Å². The number of fused-ring (bicyclic) bond motifs is 1. The molecule has 1 heterocycles. The van der Waals surface area contributed by atoms with Gasteiger partial charge in [0.05, 0.1) is 12.1 Å². The van der Waals surface area contributed by atoms with Gasteiger partial charge in [0.2, 0.25) is 0 Å². The van der Waals surface area contributed by atoms with Crippen LogP contribution in [0.1, 0.15) is 59.3 Å².